The number of rotatable bonds is 2. The van der Waals surface area contributed by atoms with Crippen molar-refractivity contribution >= 4 is 23.7 Å². The smallest absolute Gasteiger partial charge is 0.302 e. The summed E-state index contributed by atoms with van der Waals surface area (Å²) in [6, 6.07) is 7.04. The summed E-state index contributed by atoms with van der Waals surface area (Å²) in [5.41, 5.74) is 1.51. The zero-order chi connectivity index (χ0) is 15.7. The molecule has 3 amide bonds. The third-order valence-electron chi connectivity index (χ3n) is 3.31. The molecule has 0 bridgehead atoms. The third-order valence-corrected chi connectivity index (χ3v) is 3.31. The second kappa shape index (κ2) is 5.40. The molecule has 0 radical (unpaired) electrons. The molecule has 0 saturated carbocycles. The molecule has 1 N–H and O–H groups in total. The summed E-state index contributed by atoms with van der Waals surface area (Å²) in [5.74, 6) is -0.991. The van der Waals surface area contributed by atoms with Crippen molar-refractivity contribution in [3.05, 3.63) is 65.4 Å². The largest absolute Gasteiger partial charge is 0.333 e. The van der Waals surface area contributed by atoms with Crippen molar-refractivity contribution in [1.82, 2.24) is 10.3 Å². The highest BCUT2D eigenvalue weighted by Crippen LogP contribution is 2.24. The van der Waals surface area contributed by atoms with E-state index < -0.39 is 17.8 Å². The molecule has 1 aromatic heterocycles. The van der Waals surface area contributed by atoms with Crippen molar-refractivity contribution < 1.29 is 14.0 Å². The van der Waals surface area contributed by atoms with Gasteiger partial charge in [0.25, 0.3) is 5.91 Å². The molecule has 0 unspecified atom stereocenters. The second-order valence-corrected chi connectivity index (χ2v) is 4.84. The van der Waals surface area contributed by atoms with E-state index in [-0.39, 0.29) is 11.4 Å². The number of halogens is 1. The van der Waals surface area contributed by atoms with Crippen molar-refractivity contribution in [3.63, 3.8) is 0 Å². The first-order valence-electron chi connectivity index (χ1n) is 6.59. The molecule has 3 rings (SSSR count). The van der Waals surface area contributed by atoms with Gasteiger partial charge in [-0.15, -0.1) is 0 Å². The quantitative estimate of drug-likeness (QED) is 0.684. The Bertz CT molecular complexity index is 787. The minimum atomic E-state index is -0.603. The van der Waals surface area contributed by atoms with Gasteiger partial charge < -0.3 is 5.32 Å². The van der Waals surface area contributed by atoms with Crippen LogP contribution >= 0.6 is 0 Å². The Morgan fingerprint density at radius 1 is 1.18 bits per heavy atom. The van der Waals surface area contributed by atoms with E-state index in [2.05, 4.69) is 10.3 Å². The van der Waals surface area contributed by atoms with Crippen LogP contribution in [0.4, 0.5) is 14.9 Å². The molecule has 5 nitrogen and oxygen atoms in total. The third kappa shape index (κ3) is 2.46. The first-order valence-corrected chi connectivity index (χ1v) is 6.59. The van der Waals surface area contributed by atoms with E-state index in [1.807, 2.05) is 0 Å². The first-order chi connectivity index (χ1) is 10.6. The van der Waals surface area contributed by atoms with Crippen molar-refractivity contribution in [2.45, 2.75) is 6.92 Å². The Morgan fingerprint density at radius 3 is 2.59 bits per heavy atom. The van der Waals surface area contributed by atoms with Gasteiger partial charge in [0.05, 0.1) is 5.69 Å². The van der Waals surface area contributed by atoms with Gasteiger partial charge in [-0.1, -0.05) is 6.07 Å². The lowest BCUT2D eigenvalue weighted by Gasteiger charge is -2.12. The molecule has 1 aromatic carbocycles. The zero-order valence-corrected chi connectivity index (χ0v) is 11.7. The van der Waals surface area contributed by atoms with E-state index in [0.717, 1.165) is 10.5 Å². The number of imide groups is 1. The molecule has 1 aliphatic heterocycles. The van der Waals surface area contributed by atoms with Gasteiger partial charge in [-0.2, -0.15) is 0 Å². The predicted octanol–water partition coefficient (Wildman–Crippen LogP) is 2.63. The molecule has 2 heterocycles. The van der Waals surface area contributed by atoms with Gasteiger partial charge in [-0.3, -0.25) is 9.78 Å². The molecular formula is C16H12FN3O2. The Labute approximate surface area is 126 Å². The molecule has 110 valence electrons. The molecule has 0 aliphatic carbocycles. The van der Waals surface area contributed by atoms with Gasteiger partial charge in [0.15, 0.2) is 0 Å². The van der Waals surface area contributed by atoms with E-state index in [1.165, 1.54) is 18.2 Å². The van der Waals surface area contributed by atoms with Crippen LogP contribution in [-0.2, 0) is 4.79 Å². The summed E-state index contributed by atoms with van der Waals surface area (Å²) in [5, 5.41) is 2.49. The standard InChI is InChI=1S/C16H12FN3O2/c1-10-2-3-12(9-13(10)17)20-15(21)14(19-16(20)22)8-11-4-6-18-7-5-11/h2-9H,1H3,(H,19,22). The van der Waals surface area contributed by atoms with Crippen LogP contribution in [0.1, 0.15) is 11.1 Å². The van der Waals surface area contributed by atoms with Gasteiger partial charge in [0.2, 0.25) is 0 Å². The number of pyridine rings is 1. The average molecular weight is 297 g/mol. The van der Waals surface area contributed by atoms with Crippen LogP contribution in [0.2, 0.25) is 0 Å². The number of nitrogens with zero attached hydrogens (tertiary/aromatic N) is 2. The van der Waals surface area contributed by atoms with Crippen molar-refractivity contribution in [3.8, 4) is 0 Å². The molecule has 2 aromatic rings. The van der Waals surface area contributed by atoms with Crippen LogP contribution in [0.25, 0.3) is 6.08 Å². The van der Waals surface area contributed by atoms with Crippen molar-refractivity contribution in [2.75, 3.05) is 4.90 Å². The summed E-state index contributed by atoms with van der Waals surface area (Å²) in [4.78, 5) is 29.1. The van der Waals surface area contributed by atoms with Crippen LogP contribution in [0.5, 0.6) is 0 Å². The van der Waals surface area contributed by atoms with Crippen LogP contribution in [0.3, 0.4) is 0 Å². The van der Waals surface area contributed by atoms with Crippen LogP contribution in [0, 0.1) is 12.7 Å². The number of hydrogen-bond acceptors (Lipinski definition) is 3. The number of aryl methyl sites for hydroxylation is 1. The molecular weight excluding hydrogens is 285 g/mol. The average Bonchev–Trinajstić information content (AvgIpc) is 2.78. The molecule has 0 atom stereocenters. The number of carbonyl (C=O) groups excluding carboxylic acids is 2. The van der Waals surface area contributed by atoms with E-state index >= 15 is 0 Å². The number of benzene rings is 1. The number of anilines is 1. The lowest BCUT2D eigenvalue weighted by molar-refractivity contribution is -0.113. The van der Waals surface area contributed by atoms with Gasteiger partial charge in [-0.05, 0) is 48.4 Å². The topological polar surface area (TPSA) is 62.3 Å². The molecule has 0 spiro atoms. The summed E-state index contributed by atoms with van der Waals surface area (Å²) >= 11 is 0. The summed E-state index contributed by atoms with van der Waals surface area (Å²) in [6.07, 6.45) is 4.72. The summed E-state index contributed by atoms with van der Waals surface area (Å²) < 4.78 is 13.6. The van der Waals surface area contributed by atoms with Gasteiger partial charge in [-0.25, -0.2) is 14.1 Å². The maximum Gasteiger partial charge on any atom is 0.333 e. The van der Waals surface area contributed by atoms with E-state index in [0.29, 0.717) is 5.56 Å². The molecule has 22 heavy (non-hydrogen) atoms. The van der Waals surface area contributed by atoms with E-state index in [4.69, 9.17) is 0 Å². The highest BCUT2D eigenvalue weighted by atomic mass is 19.1. The number of nitrogens with one attached hydrogen (secondary N) is 1. The Morgan fingerprint density at radius 2 is 1.91 bits per heavy atom. The highest BCUT2D eigenvalue weighted by molar-refractivity contribution is 6.28. The Kier molecular flexibility index (Phi) is 3.42. The number of amides is 3. The molecule has 6 heteroatoms. The van der Waals surface area contributed by atoms with Crippen LogP contribution in [-0.4, -0.2) is 16.9 Å². The van der Waals surface area contributed by atoms with Crippen molar-refractivity contribution in [1.29, 1.82) is 0 Å². The van der Waals surface area contributed by atoms with Gasteiger partial charge in [0, 0.05) is 12.4 Å². The highest BCUT2D eigenvalue weighted by Gasteiger charge is 2.35. The monoisotopic (exact) mass is 297 g/mol. The van der Waals surface area contributed by atoms with Gasteiger partial charge >= 0.3 is 6.03 Å². The van der Waals surface area contributed by atoms with Crippen molar-refractivity contribution in [2.24, 2.45) is 0 Å². The minimum Gasteiger partial charge on any atom is -0.302 e. The SMILES string of the molecule is Cc1ccc(N2C(=O)NC(=Cc3ccncc3)C2=O)cc1F. The minimum absolute atomic E-state index is 0.136. The summed E-state index contributed by atoms with van der Waals surface area (Å²) in [7, 11) is 0. The van der Waals surface area contributed by atoms with Crippen LogP contribution < -0.4 is 10.2 Å². The fourth-order valence-corrected chi connectivity index (χ4v) is 2.12. The normalized spacial score (nSPS) is 16.3. The lowest BCUT2D eigenvalue weighted by atomic mass is 10.2. The second-order valence-electron chi connectivity index (χ2n) is 4.84. The summed E-state index contributed by atoms with van der Waals surface area (Å²) in [6.45, 7) is 1.61. The number of hydrogen-bond donors (Lipinski definition) is 1. The number of aromatic nitrogens is 1. The zero-order valence-electron chi connectivity index (χ0n) is 11.7. The molecule has 1 fully saturated rings. The maximum atomic E-state index is 13.6. The Hall–Kier alpha value is -3.02. The number of carbonyl (C=O) groups is 2. The predicted molar refractivity (Wildman–Crippen MR) is 79.4 cm³/mol. The van der Waals surface area contributed by atoms with E-state index in [9.17, 15) is 14.0 Å². The molecule has 1 aliphatic rings. The molecule has 1 saturated heterocycles. The lowest BCUT2D eigenvalue weighted by Crippen LogP contribution is -2.30. The fourth-order valence-electron chi connectivity index (χ4n) is 2.12. The fraction of sp³-hybridized carbons (Fsp3) is 0.0625. The first kappa shape index (κ1) is 13.9. The number of urea groups is 1. The maximum absolute atomic E-state index is 13.6. The Balaban J connectivity index is 1.95. The van der Waals surface area contributed by atoms with E-state index in [1.54, 1.807) is 37.5 Å². The van der Waals surface area contributed by atoms with Crippen LogP contribution in [0.15, 0.2) is 48.4 Å². The van der Waals surface area contributed by atoms with Gasteiger partial charge in [0.1, 0.15) is 11.5 Å².